The lowest BCUT2D eigenvalue weighted by Crippen LogP contribution is -2.25. The second kappa shape index (κ2) is 5.54. The summed E-state index contributed by atoms with van der Waals surface area (Å²) in [7, 11) is 1.68. The van der Waals surface area contributed by atoms with E-state index >= 15 is 0 Å². The number of nitrogens with zero attached hydrogens (tertiary/aromatic N) is 2. The van der Waals surface area contributed by atoms with Crippen LogP contribution in [0.3, 0.4) is 0 Å². The maximum atomic E-state index is 12.0. The minimum absolute atomic E-state index is 0.240. The molecule has 0 bridgehead atoms. The van der Waals surface area contributed by atoms with Gasteiger partial charge in [-0.05, 0) is 11.6 Å². The van der Waals surface area contributed by atoms with Crippen LogP contribution in [-0.4, -0.2) is 15.7 Å². The largest absolute Gasteiger partial charge is 0.347 e. The highest BCUT2D eigenvalue weighted by molar-refractivity contribution is 9.10. The fourth-order valence-electron chi connectivity index (χ4n) is 1.57. The second-order valence-corrected chi connectivity index (χ2v) is 5.00. The van der Waals surface area contributed by atoms with E-state index in [0.717, 1.165) is 10.0 Å². The Morgan fingerprint density at radius 3 is 2.83 bits per heavy atom. The Balaban J connectivity index is 2.08. The summed E-state index contributed by atoms with van der Waals surface area (Å²) >= 11 is 9.33. The highest BCUT2D eigenvalue weighted by Crippen LogP contribution is 2.17. The van der Waals surface area contributed by atoms with Crippen molar-refractivity contribution in [3.05, 3.63) is 51.2 Å². The number of aryl methyl sites for hydroxylation is 1. The van der Waals surface area contributed by atoms with Crippen LogP contribution in [0.5, 0.6) is 0 Å². The highest BCUT2D eigenvalue weighted by Gasteiger charge is 2.15. The predicted octanol–water partition coefficient (Wildman–Crippen LogP) is 2.77. The van der Waals surface area contributed by atoms with Crippen molar-refractivity contribution >= 4 is 33.4 Å². The average molecular weight is 329 g/mol. The van der Waals surface area contributed by atoms with Gasteiger partial charge in [-0.25, -0.2) is 0 Å². The van der Waals surface area contributed by atoms with Gasteiger partial charge in [0.25, 0.3) is 5.91 Å². The lowest BCUT2D eigenvalue weighted by Gasteiger charge is -2.07. The quantitative estimate of drug-likeness (QED) is 0.942. The van der Waals surface area contributed by atoms with Crippen LogP contribution in [0.15, 0.2) is 34.9 Å². The van der Waals surface area contributed by atoms with Crippen molar-refractivity contribution in [1.29, 1.82) is 0 Å². The normalized spacial score (nSPS) is 10.4. The number of benzene rings is 1. The van der Waals surface area contributed by atoms with Gasteiger partial charge in [0.2, 0.25) is 0 Å². The monoisotopic (exact) mass is 327 g/mol. The maximum absolute atomic E-state index is 12.0. The summed E-state index contributed by atoms with van der Waals surface area (Å²) in [5.41, 5.74) is 1.37. The van der Waals surface area contributed by atoms with Crippen LogP contribution in [0.2, 0.25) is 5.02 Å². The number of rotatable bonds is 3. The smallest absolute Gasteiger partial charge is 0.271 e. The van der Waals surface area contributed by atoms with E-state index in [1.165, 1.54) is 10.9 Å². The Morgan fingerprint density at radius 1 is 1.50 bits per heavy atom. The molecule has 0 aliphatic carbocycles. The van der Waals surface area contributed by atoms with Crippen molar-refractivity contribution < 1.29 is 4.79 Å². The maximum Gasteiger partial charge on any atom is 0.271 e. The molecule has 1 aromatic heterocycles. The fraction of sp³-hybridized carbons (Fsp3) is 0.167. The Labute approximate surface area is 118 Å². The molecule has 0 saturated heterocycles. The topological polar surface area (TPSA) is 46.9 Å². The Hall–Kier alpha value is -1.33. The summed E-state index contributed by atoms with van der Waals surface area (Å²) in [5, 5.41) is 7.08. The van der Waals surface area contributed by atoms with Crippen LogP contribution in [0.1, 0.15) is 16.1 Å². The zero-order valence-electron chi connectivity index (χ0n) is 9.65. The lowest BCUT2D eigenvalue weighted by molar-refractivity contribution is 0.0941. The van der Waals surface area contributed by atoms with Crippen LogP contribution < -0.4 is 5.32 Å². The number of amides is 1. The van der Waals surface area contributed by atoms with Gasteiger partial charge in [-0.2, -0.15) is 5.10 Å². The fourth-order valence-corrected chi connectivity index (χ4v) is 2.24. The second-order valence-electron chi connectivity index (χ2n) is 3.74. The number of nitrogens with one attached hydrogen (secondary N) is 1. The number of hydrogen-bond acceptors (Lipinski definition) is 2. The van der Waals surface area contributed by atoms with Gasteiger partial charge in [0.05, 0.1) is 11.2 Å². The molecule has 0 saturated carbocycles. The van der Waals surface area contributed by atoms with E-state index in [4.69, 9.17) is 11.6 Å². The van der Waals surface area contributed by atoms with Crippen LogP contribution in [0, 0.1) is 0 Å². The van der Waals surface area contributed by atoms with Crippen LogP contribution in [0.25, 0.3) is 0 Å². The van der Waals surface area contributed by atoms with Gasteiger partial charge < -0.3 is 5.32 Å². The molecule has 6 heteroatoms. The van der Waals surface area contributed by atoms with Gasteiger partial charge >= 0.3 is 0 Å². The van der Waals surface area contributed by atoms with E-state index < -0.39 is 0 Å². The molecule has 0 unspecified atom stereocenters. The minimum atomic E-state index is -0.240. The molecule has 0 aliphatic rings. The van der Waals surface area contributed by atoms with Crippen molar-refractivity contribution in [2.45, 2.75) is 6.54 Å². The Morgan fingerprint density at radius 2 is 2.22 bits per heavy atom. The van der Waals surface area contributed by atoms with Crippen molar-refractivity contribution in [2.75, 3.05) is 0 Å². The summed E-state index contributed by atoms with van der Waals surface area (Å²) in [6.07, 6.45) is 1.45. The van der Waals surface area contributed by atoms with Gasteiger partial charge in [-0.15, -0.1) is 0 Å². The van der Waals surface area contributed by atoms with Gasteiger partial charge in [0.15, 0.2) is 0 Å². The third-order valence-corrected chi connectivity index (χ3v) is 3.56. The number of carbonyl (C=O) groups excluding carboxylic acids is 1. The number of hydrogen-bond donors (Lipinski definition) is 1. The molecule has 1 aromatic carbocycles. The van der Waals surface area contributed by atoms with Crippen molar-refractivity contribution in [2.24, 2.45) is 7.05 Å². The molecule has 0 atom stereocenters. The molecular weight excluding hydrogens is 318 g/mol. The number of carbonyl (C=O) groups is 1. The summed E-state index contributed by atoms with van der Waals surface area (Å²) in [6, 6.07) is 7.71. The summed E-state index contributed by atoms with van der Waals surface area (Å²) in [5.74, 6) is -0.240. The van der Waals surface area contributed by atoms with Crippen molar-refractivity contribution in [3.63, 3.8) is 0 Å². The summed E-state index contributed by atoms with van der Waals surface area (Å²) in [4.78, 5) is 12.0. The number of aromatic nitrogens is 2. The standard InChI is InChI=1S/C12H11BrClN3O/c1-17-11(10(14)7-16-17)12(18)15-6-8-4-2-3-5-9(8)13/h2-5,7H,6H2,1H3,(H,15,18). The van der Waals surface area contributed by atoms with Gasteiger partial charge in [0.1, 0.15) is 5.69 Å². The zero-order valence-corrected chi connectivity index (χ0v) is 12.0. The number of halogens is 2. The minimum Gasteiger partial charge on any atom is -0.347 e. The Bertz CT molecular complexity index is 563. The van der Waals surface area contributed by atoms with Crippen LogP contribution in [0.4, 0.5) is 0 Å². The van der Waals surface area contributed by atoms with Crippen molar-refractivity contribution in [1.82, 2.24) is 15.1 Å². The van der Waals surface area contributed by atoms with E-state index in [2.05, 4.69) is 26.3 Å². The molecule has 18 heavy (non-hydrogen) atoms. The first-order valence-electron chi connectivity index (χ1n) is 5.28. The van der Waals surface area contributed by atoms with Gasteiger partial charge in [-0.1, -0.05) is 45.7 Å². The first-order chi connectivity index (χ1) is 8.59. The van der Waals surface area contributed by atoms with Crippen LogP contribution >= 0.6 is 27.5 Å². The summed E-state index contributed by atoms with van der Waals surface area (Å²) in [6.45, 7) is 0.432. The van der Waals surface area contributed by atoms with Crippen LogP contribution in [-0.2, 0) is 13.6 Å². The van der Waals surface area contributed by atoms with E-state index in [-0.39, 0.29) is 5.91 Å². The molecule has 1 N–H and O–H groups in total. The molecule has 1 amide bonds. The molecule has 94 valence electrons. The Kier molecular flexibility index (Phi) is 4.04. The van der Waals surface area contributed by atoms with Gasteiger partial charge in [-0.3, -0.25) is 9.48 Å². The molecular formula is C12H11BrClN3O. The SMILES string of the molecule is Cn1ncc(Cl)c1C(=O)NCc1ccccc1Br. The molecule has 4 nitrogen and oxygen atoms in total. The van der Waals surface area contributed by atoms with E-state index in [9.17, 15) is 4.79 Å². The highest BCUT2D eigenvalue weighted by atomic mass is 79.9. The van der Waals surface area contributed by atoms with Crippen molar-refractivity contribution in [3.8, 4) is 0 Å². The van der Waals surface area contributed by atoms with E-state index in [0.29, 0.717) is 17.3 Å². The summed E-state index contributed by atoms with van der Waals surface area (Å²) < 4.78 is 2.42. The first-order valence-corrected chi connectivity index (χ1v) is 6.46. The molecule has 0 spiro atoms. The zero-order chi connectivity index (χ0) is 13.1. The molecule has 2 aromatic rings. The van der Waals surface area contributed by atoms with E-state index in [1.54, 1.807) is 7.05 Å². The predicted molar refractivity (Wildman–Crippen MR) is 73.5 cm³/mol. The first kappa shape index (κ1) is 13.1. The molecule has 1 heterocycles. The molecule has 0 aliphatic heterocycles. The molecule has 0 radical (unpaired) electrons. The average Bonchev–Trinajstić information content (AvgIpc) is 2.68. The van der Waals surface area contributed by atoms with Gasteiger partial charge in [0, 0.05) is 18.1 Å². The van der Waals surface area contributed by atoms with E-state index in [1.807, 2.05) is 24.3 Å². The third kappa shape index (κ3) is 2.73. The molecule has 0 fully saturated rings. The third-order valence-electron chi connectivity index (χ3n) is 2.51. The lowest BCUT2D eigenvalue weighted by atomic mass is 10.2. The molecule has 2 rings (SSSR count).